The van der Waals surface area contributed by atoms with E-state index in [0.29, 0.717) is 36.3 Å². The summed E-state index contributed by atoms with van der Waals surface area (Å²) in [6, 6.07) is 12.2. The molecule has 3 rings (SSSR count). The van der Waals surface area contributed by atoms with Gasteiger partial charge in [0.2, 0.25) is 5.91 Å². The number of carbonyl (C=O) groups is 1. The summed E-state index contributed by atoms with van der Waals surface area (Å²) in [5, 5.41) is 6.62. The normalized spacial score (nSPS) is 17.2. The Morgan fingerprint density at radius 1 is 1.42 bits per heavy atom. The summed E-state index contributed by atoms with van der Waals surface area (Å²) in [5.74, 6) is 0.660. The molecule has 0 radical (unpaired) electrons. The number of benzene rings is 1. The molecule has 1 aromatic heterocycles. The molecule has 1 aromatic carbocycles. The third-order valence-corrected chi connectivity index (χ3v) is 4.94. The highest BCUT2D eigenvalue weighted by Gasteiger charge is 2.24. The number of hydrogen-bond donors (Lipinski definition) is 2. The van der Waals surface area contributed by atoms with Gasteiger partial charge in [-0.2, -0.15) is 0 Å². The van der Waals surface area contributed by atoms with Crippen LogP contribution in [0.15, 0.2) is 42.6 Å². The Balaban J connectivity index is 1.50. The average molecular weight is 374 g/mol. The molecule has 138 valence electrons. The standard InChI is InChI=1S/C20H24ClN3O2/c1-14(18-9-10-22-18)26-17-11-16(20(21)24-13-17)12-23-19(25)8-7-15-5-3-2-4-6-15/h2-6,11,13-14,18,22H,7-10,12H2,1H3,(H,23,25)/t14?,18-/m1/s1. The molecule has 2 N–H and O–H groups in total. The van der Waals surface area contributed by atoms with Crippen LogP contribution in [0.2, 0.25) is 5.15 Å². The molecule has 6 heteroatoms. The number of aromatic nitrogens is 1. The predicted octanol–water partition coefficient (Wildman–Crippen LogP) is 3.11. The van der Waals surface area contributed by atoms with E-state index < -0.39 is 0 Å². The van der Waals surface area contributed by atoms with Gasteiger partial charge in [-0.15, -0.1) is 0 Å². The molecule has 26 heavy (non-hydrogen) atoms. The second-order valence-corrected chi connectivity index (χ2v) is 6.91. The van der Waals surface area contributed by atoms with Crippen molar-refractivity contribution in [2.75, 3.05) is 6.54 Å². The minimum absolute atomic E-state index is 0.0109. The fourth-order valence-electron chi connectivity index (χ4n) is 2.85. The topological polar surface area (TPSA) is 63.2 Å². The van der Waals surface area contributed by atoms with E-state index in [4.69, 9.17) is 16.3 Å². The third-order valence-electron chi connectivity index (χ3n) is 4.60. The van der Waals surface area contributed by atoms with Crippen molar-refractivity contribution in [2.45, 2.75) is 44.9 Å². The molecular weight excluding hydrogens is 350 g/mol. The second kappa shape index (κ2) is 9.01. The van der Waals surface area contributed by atoms with Gasteiger partial charge in [-0.25, -0.2) is 4.98 Å². The number of hydrogen-bond acceptors (Lipinski definition) is 4. The van der Waals surface area contributed by atoms with E-state index in [9.17, 15) is 4.79 Å². The van der Waals surface area contributed by atoms with Gasteiger partial charge in [-0.05, 0) is 37.9 Å². The van der Waals surface area contributed by atoms with Gasteiger partial charge in [0, 0.05) is 24.6 Å². The molecule has 0 bridgehead atoms. The minimum Gasteiger partial charge on any atom is -0.487 e. The third kappa shape index (κ3) is 5.19. The summed E-state index contributed by atoms with van der Waals surface area (Å²) < 4.78 is 5.93. The largest absolute Gasteiger partial charge is 0.487 e. The number of carbonyl (C=O) groups excluding carboxylic acids is 1. The molecule has 2 heterocycles. The lowest BCUT2D eigenvalue weighted by Crippen LogP contribution is -2.51. The maximum atomic E-state index is 12.1. The number of ether oxygens (including phenoxy) is 1. The Kier molecular flexibility index (Phi) is 6.47. The van der Waals surface area contributed by atoms with E-state index in [2.05, 4.69) is 15.6 Å². The number of amides is 1. The SMILES string of the molecule is CC(Oc1cnc(Cl)c(CNC(=O)CCc2ccccc2)c1)[C@H]1CCN1. The number of nitrogens with one attached hydrogen (secondary N) is 2. The van der Waals surface area contributed by atoms with Gasteiger partial charge in [0.25, 0.3) is 0 Å². The molecule has 1 aliphatic rings. The first-order valence-corrected chi connectivity index (χ1v) is 9.34. The van der Waals surface area contributed by atoms with Crippen molar-refractivity contribution in [1.29, 1.82) is 0 Å². The van der Waals surface area contributed by atoms with Crippen molar-refractivity contribution in [1.82, 2.24) is 15.6 Å². The zero-order chi connectivity index (χ0) is 18.4. The molecule has 1 amide bonds. The quantitative estimate of drug-likeness (QED) is 0.698. The summed E-state index contributed by atoms with van der Waals surface area (Å²) >= 11 is 6.16. The number of halogens is 1. The predicted molar refractivity (Wildman–Crippen MR) is 102 cm³/mol. The van der Waals surface area contributed by atoms with Crippen LogP contribution in [0.25, 0.3) is 0 Å². The molecule has 0 aliphatic carbocycles. The Hall–Kier alpha value is -2.11. The van der Waals surface area contributed by atoms with Crippen molar-refractivity contribution in [3.63, 3.8) is 0 Å². The summed E-state index contributed by atoms with van der Waals surface area (Å²) in [7, 11) is 0. The maximum absolute atomic E-state index is 12.1. The van der Waals surface area contributed by atoms with Crippen molar-refractivity contribution >= 4 is 17.5 Å². The van der Waals surface area contributed by atoms with Gasteiger partial charge in [0.1, 0.15) is 17.0 Å². The summed E-state index contributed by atoms with van der Waals surface area (Å²) in [4.78, 5) is 16.3. The van der Waals surface area contributed by atoms with E-state index in [-0.39, 0.29) is 12.0 Å². The van der Waals surface area contributed by atoms with Gasteiger partial charge < -0.3 is 15.4 Å². The van der Waals surface area contributed by atoms with E-state index in [1.54, 1.807) is 6.20 Å². The van der Waals surface area contributed by atoms with E-state index in [1.807, 2.05) is 43.3 Å². The van der Waals surface area contributed by atoms with E-state index in [0.717, 1.165) is 24.1 Å². The molecule has 2 aromatic rings. The van der Waals surface area contributed by atoms with Crippen LogP contribution in [-0.4, -0.2) is 29.6 Å². The first-order chi connectivity index (χ1) is 12.6. The number of rotatable bonds is 8. The van der Waals surface area contributed by atoms with Gasteiger partial charge in [0.15, 0.2) is 0 Å². The maximum Gasteiger partial charge on any atom is 0.220 e. The zero-order valence-electron chi connectivity index (χ0n) is 14.9. The number of pyridine rings is 1. The number of aryl methyl sites for hydroxylation is 1. The van der Waals surface area contributed by atoms with Crippen molar-refractivity contribution in [3.05, 3.63) is 58.9 Å². The molecule has 1 unspecified atom stereocenters. The molecule has 5 nitrogen and oxygen atoms in total. The molecule has 1 saturated heterocycles. The van der Waals surface area contributed by atoms with Crippen LogP contribution in [0.1, 0.15) is 30.9 Å². The van der Waals surface area contributed by atoms with Crippen molar-refractivity contribution in [2.24, 2.45) is 0 Å². The van der Waals surface area contributed by atoms with Crippen LogP contribution in [0.5, 0.6) is 5.75 Å². The smallest absolute Gasteiger partial charge is 0.220 e. The van der Waals surface area contributed by atoms with E-state index >= 15 is 0 Å². The lowest BCUT2D eigenvalue weighted by molar-refractivity contribution is -0.121. The molecule has 2 atom stereocenters. The first-order valence-electron chi connectivity index (χ1n) is 8.97. The van der Waals surface area contributed by atoms with E-state index in [1.165, 1.54) is 0 Å². The van der Waals surface area contributed by atoms with Crippen LogP contribution in [0, 0.1) is 0 Å². The van der Waals surface area contributed by atoms with Crippen molar-refractivity contribution in [3.8, 4) is 5.75 Å². The van der Waals surface area contributed by atoms with Crippen LogP contribution in [-0.2, 0) is 17.8 Å². The van der Waals surface area contributed by atoms with Crippen LogP contribution < -0.4 is 15.4 Å². The average Bonchev–Trinajstić information content (AvgIpc) is 2.59. The lowest BCUT2D eigenvalue weighted by atomic mass is 10.0. The summed E-state index contributed by atoms with van der Waals surface area (Å²) in [6.45, 7) is 3.42. The summed E-state index contributed by atoms with van der Waals surface area (Å²) in [6.07, 6.45) is 3.97. The number of nitrogens with zero attached hydrogens (tertiary/aromatic N) is 1. The van der Waals surface area contributed by atoms with Gasteiger partial charge in [0.05, 0.1) is 6.20 Å². The highest BCUT2D eigenvalue weighted by atomic mass is 35.5. The first kappa shape index (κ1) is 18.7. The fourth-order valence-corrected chi connectivity index (χ4v) is 3.02. The van der Waals surface area contributed by atoms with Gasteiger partial charge in [-0.1, -0.05) is 41.9 Å². The Labute approximate surface area is 159 Å². The Morgan fingerprint density at radius 2 is 2.19 bits per heavy atom. The second-order valence-electron chi connectivity index (χ2n) is 6.56. The highest BCUT2D eigenvalue weighted by molar-refractivity contribution is 6.30. The molecule has 1 aliphatic heterocycles. The van der Waals surface area contributed by atoms with Crippen LogP contribution in [0.3, 0.4) is 0 Å². The molecule has 1 fully saturated rings. The van der Waals surface area contributed by atoms with Crippen LogP contribution in [0.4, 0.5) is 0 Å². The Bertz CT molecular complexity index is 735. The molecular formula is C20H24ClN3O2. The Morgan fingerprint density at radius 3 is 2.88 bits per heavy atom. The van der Waals surface area contributed by atoms with Gasteiger partial charge >= 0.3 is 0 Å². The summed E-state index contributed by atoms with van der Waals surface area (Å²) in [5.41, 5.74) is 1.90. The molecule has 0 spiro atoms. The van der Waals surface area contributed by atoms with Crippen LogP contribution >= 0.6 is 11.6 Å². The highest BCUT2D eigenvalue weighted by Crippen LogP contribution is 2.22. The lowest BCUT2D eigenvalue weighted by Gasteiger charge is -2.33. The fraction of sp³-hybridized carbons (Fsp3) is 0.400. The zero-order valence-corrected chi connectivity index (χ0v) is 15.6. The molecule has 0 saturated carbocycles. The van der Waals surface area contributed by atoms with Gasteiger partial charge in [-0.3, -0.25) is 4.79 Å². The van der Waals surface area contributed by atoms with Crippen molar-refractivity contribution < 1.29 is 9.53 Å². The monoisotopic (exact) mass is 373 g/mol. The minimum atomic E-state index is -0.0109.